The van der Waals surface area contributed by atoms with Gasteiger partial charge in [0.05, 0.1) is 12.4 Å². The summed E-state index contributed by atoms with van der Waals surface area (Å²) in [6.07, 6.45) is 0. The van der Waals surface area contributed by atoms with Crippen LogP contribution in [-0.2, 0) is 11.4 Å². The van der Waals surface area contributed by atoms with E-state index in [1.54, 1.807) is 24.3 Å². The van der Waals surface area contributed by atoms with Gasteiger partial charge in [0.1, 0.15) is 18.1 Å². The molecule has 1 N–H and O–H groups in total. The summed E-state index contributed by atoms with van der Waals surface area (Å²) in [6, 6.07) is 20.7. The van der Waals surface area contributed by atoms with Crippen LogP contribution in [0.3, 0.4) is 0 Å². The van der Waals surface area contributed by atoms with Crippen molar-refractivity contribution >= 4 is 35.0 Å². The van der Waals surface area contributed by atoms with Crippen molar-refractivity contribution in [1.82, 2.24) is 14.8 Å². The van der Waals surface area contributed by atoms with E-state index in [0.29, 0.717) is 28.4 Å². The molecule has 0 saturated carbocycles. The number of halogens is 1. The number of anilines is 1. The molecule has 4 aromatic rings. The van der Waals surface area contributed by atoms with E-state index >= 15 is 0 Å². The van der Waals surface area contributed by atoms with Crippen LogP contribution < -0.4 is 14.8 Å². The Hall–Kier alpha value is -3.49. The zero-order valence-electron chi connectivity index (χ0n) is 20.3. The first-order chi connectivity index (χ1) is 17.4. The molecule has 0 radical (unpaired) electrons. The Labute approximate surface area is 219 Å². The SMILES string of the molecule is CCOc1ccc(-n2c(COc3ccc(Cl)cc3)nnc2SCC(=O)Nc2cc(C)cc(C)c2)cc1. The second-order valence-electron chi connectivity index (χ2n) is 8.12. The second-order valence-corrected chi connectivity index (χ2v) is 9.50. The highest BCUT2D eigenvalue weighted by molar-refractivity contribution is 7.99. The molecule has 0 bridgehead atoms. The summed E-state index contributed by atoms with van der Waals surface area (Å²) in [5, 5.41) is 12.9. The van der Waals surface area contributed by atoms with Gasteiger partial charge in [-0.15, -0.1) is 10.2 Å². The second kappa shape index (κ2) is 12.0. The fourth-order valence-electron chi connectivity index (χ4n) is 3.66. The first kappa shape index (κ1) is 25.6. The Morgan fingerprint density at radius 1 is 0.944 bits per heavy atom. The average Bonchev–Trinajstić information content (AvgIpc) is 3.25. The lowest BCUT2D eigenvalue weighted by atomic mass is 10.1. The maximum Gasteiger partial charge on any atom is 0.234 e. The van der Waals surface area contributed by atoms with Gasteiger partial charge in [0.2, 0.25) is 5.91 Å². The number of ether oxygens (including phenoxy) is 2. The molecule has 0 aliphatic carbocycles. The molecule has 0 unspecified atom stereocenters. The Morgan fingerprint density at radius 3 is 2.25 bits per heavy atom. The van der Waals surface area contributed by atoms with Gasteiger partial charge in [-0.2, -0.15) is 0 Å². The highest BCUT2D eigenvalue weighted by atomic mass is 35.5. The number of aryl methyl sites for hydroxylation is 2. The lowest BCUT2D eigenvalue weighted by molar-refractivity contribution is -0.113. The molecule has 1 heterocycles. The predicted octanol–water partition coefficient (Wildman–Crippen LogP) is 6.25. The first-order valence-electron chi connectivity index (χ1n) is 11.5. The van der Waals surface area contributed by atoms with Gasteiger partial charge in [-0.25, -0.2) is 0 Å². The van der Waals surface area contributed by atoms with Gasteiger partial charge in [-0.3, -0.25) is 9.36 Å². The maximum atomic E-state index is 12.7. The molecule has 0 aliphatic rings. The number of hydrogen-bond donors (Lipinski definition) is 1. The number of aromatic nitrogens is 3. The minimum atomic E-state index is -0.120. The third-order valence-corrected chi connectivity index (χ3v) is 6.31. The van der Waals surface area contributed by atoms with E-state index in [4.69, 9.17) is 21.1 Å². The standard InChI is InChI=1S/C27H27ClN4O3S/c1-4-34-23-11-7-22(8-12-23)32-25(16-35-24-9-5-20(28)6-10-24)30-31-27(32)36-17-26(33)29-21-14-18(2)13-19(3)15-21/h5-15H,4,16-17H2,1-3H3,(H,29,33). The summed E-state index contributed by atoms with van der Waals surface area (Å²) in [5.74, 6) is 2.11. The van der Waals surface area contributed by atoms with E-state index in [9.17, 15) is 4.79 Å². The number of carbonyl (C=O) groups is 1. The van der Waals surface area contributed by atoms with Crippen LogP contribution in [0, 0.1) is 13.8 Å². The number of nitrogens with one attached hydrogen (secondary N) is 1. The van der Waals surface area contributed by atoms with Gasteiger partial charge in [-0.05, 0) is 92.6 Å². The van der Waals surface area contributed by atoms with E-state index in [2.05, 4.69) is 21.6 Å². The molecule has 0 saturated heterocycles. The van der Waals surface area contributed by atoms with Gasteiger partial charge in [0.15, 0.2) is 11.0 Å². The van der Waals surface area contributed by atoms with Gasteiger partial charge in [-0.1, -0.05) is 29.4 Å². The molecule has 0 fully saturated rings. The largest absolute Gasteiger partial charge is 0.494 e. The van der Waals surface area contributed by atoms with E-state index < -0.39 is 0 Å². The van der Waals surface area contributed by atoms with Crippen LogP contribution in [-0.4, -0.2) is 33.0 Å². The van der Waals surface area contributed by atoms with Crippen LogP contribution in [0.15, 0.2) is 71.9 Å². The Morgan fingerprint density at radius 2 is 1.58 bits per heavy atom. The van der Waals surface area contributed by atoms with E-state index in [0.717, 1.165) is 28.3 Å². The van der Waals surface area contributed by atoms with Gasteiger partial charge in [0.25, 0.3) is 0 Å². The van der Waals surface area contributed by atoms with Crippen LogP contribution in [0.25, 0.3) is 5.69 Å². The summed E-state index contributed by atoms with van der Waals surface area (Å²) in [4.78, 5) is 12.7. The molecule has 1 aromatic heterocycles. The Kier molecular flexibility index (Phi) is 8.51. The number of benzene rings is 3. The number of rotatable bonds is 10. The molecule has 9 heteroatoms. The third-order valence-electron chi connectivity index (χ3n) is 5.13. The number of hydrogen-bond acceptors (Lipinski definition) is 6. The molecule has 186 valence electrons. The smallest absolute Gasteiger partial charge is 0.234 e. The molecule has 36 heavy (non-hydrogen) atoms. The number of thioether (sulfide) groups is 1. The Bertz CT molecular complexity index is 1300. The van der Waals surface area contributed by atoms with E-state index in [-0.39, 0.29) is 18.3 Å². The lowest BCUT2D eigenvalue weighted by Gasteiger charge is -2.12. The quantitative estimate of drug-likeness (QED) is 0.248. The highest BCUT2D eigenvalue weighted by Gasteiger charge is 2.17. The molecule has 4 rings (SSSR count). The van der Waals surface area contributed by atoms with Crippen molar-refractivity contribution in [3.05, 3.63) is 88.7 Å². The van der Waals surface area contributed by atoms with Crippen molar-refractivity contribution in [2.24, 2.45) is 0 Å². The van der Waals surface area contributed by atoms with Crippen molar-refractivity contribution in [2.75, 3.05) is 17.7 Å². The summed E-state index contributed by atoms with van der Waals surface area (Å²) >= 11 is 7.28. The summed E-state index contributed by atoms with van der Waals surface area (Å²) in [7, 11) is 0. The number of amides is 1. The first-order valence-corrected chi connectivity index (χ1v) is 12.8. The van der Waals surface area contributed by atoms with Crippen molar-refractivity contribution in [3.8, 4) is 17.2 Å². The highest BCUT2D eigenvalue weighted by Crippen LogP contribution is 2.25. The molecule has 0 atom stereocenters. The fraction of sp³-hybridized carbons (Fsp3) is 0.222. The lowest BCUT2D eigenvalue weighted by Crippen LogP contribution is -2.15. The monoisotopic (exact) mass is 522 g/mol. The minimum Gasteiger partial charge on any atom is -0.494 e. The fourth-order valence-corrected chi connectivity index (χ4v) is 4.55. The topological polar surface area (TPSA) is 78.3 Å². The van der Waals surface area contributed by atoms with Crippen molar-refractivity contribution in [3.63, 3.8) is 0 Å². The summed E-state index contributed by atoms with van der Waals surface area (Å²) in [5.41, 5.74) is 3.82. The maximum absolute atomic E-state index is 12.7. The minimum absolute atomic E-state index is 0.120. The number of nitrogens with zero attached hydrogens (tertiary/aromatic N) is 3. The van der Waals surface area contributed by atoms with Crippen LogP contribution in [0.2, 0.25) is 5.02 Å². The zero-order chi connectivity index (χ0) is 25.5. The molecular weight excluding hydrogens is 496 g/mol. The van der Waals surface area contributed by atoms with Gasteiger partial charge >= 0.3 is 0 Å². The van der Waals surface area contributed by atoms with E-state index in [1.807, 2.05) is 61.7 Å². The van der Waals surface area contributed by atoms with Crippen LogP contribution in [0.4, 0.5) is 5.69 Å². The molecule has 0 spiro atoms. The molecule has 0 aliphatic heterocycles. The van der Waals surface area contributed by atoms with Crippen LogP contribution in [0.5, 0.6) is 11.5 Å². The normalized spacial score (nSPS) is 10.8. The van der Waals surface area contributed by atoms with Crippen molar-refractivity contribution in [2.45, 2.75) is 32.5 Å². The molecule has 7 nitrogen and oxygen atoms in total. The zero-order valence-corrected chi connectivity index (χ0v) is 21.9. The third kappa shape index (κ3) is 6.80. The predicted molar refractivity (Wildman–Crippen MR) is 144 cm³/mol. The molecule has 3 aromatic carbocycles. The van der Waals surface area contributed by atoms with Crippen molar-refractivity contribution < 1.29 is 14.3 Å². The Balaban J connectivity index is 1.52. The summed E-state index contributed by atoms with van der Waals surface area (Å²) in [6.45, 7) is 6.73. The van der Waals surface area contributed by atoms with Gasteiger partial charge < -0.3 is 14.8 Å². The number of carbonyl (C=O) groups excluding carboxylic acids is 1. The van der Waals surface area contributed by atoms with E-state index in [1.165, 1.54) is 11.8 Å². The van der Waals surface area contributed by atoms with Crippen molar-refractivity contribution in [1.29, 1.82) is 0 Å². The molecular formula is C27H27ClN4O3S. The van der Waals surface area contributed by atoms with Crippen LogP contribution in [0.1, 0.15) is 23.9 Å². The van der Waals surface area contributed by atoms with Gasteiger partial charge in [0, 0.05) is 16.4 Å². The summed E-state index contributed by atoms with van der Waals surface area (Å²) < 4.78 is 13.4. The molecule has 1 amide bonds. The average molecular weight is 523 g/mol. The van der Waals surface area contributed by atoms with Crippen LogP contribution >= 0.6 is 23.4 Å².